The molecule has 0 fully saturated rings. The van der Waals surface area contributed by atoms with Crippen molar-refractivity contribution in [1.82, 2.24) is 15.1 Å². The zero-order chi connectivity index (χ0) is 22.4. The average molecular weight is 421 g/mol. The highest BCUT2D eigenvalue weighted by Gasteiger charge is 2.18. The number of rotatable bonds is 8. The number of nitrogens with one attached hydrogen (secondary N) is 1. The van der Waals surface area contributed by atoms with Gasteiger partial charge in [0, 0.05) is 12.6 Å². The van der Waals surface area contributed by atoms with Crippen molar-refractivity contribution in [2.75, 3.05) is 7.11 Å². The summed E-state index contributed by atoms with van der Waals surface area (Å²) >= 11 is 0. The summed E-state index contributed by atoms with van der Waals surface area (Å²) in [6.45, 7) is 5.54. The number of hydrogen-bond donors (Lipinski definition) is 1. The number of methoxy groups -OCH3 is 1. The Morgan fingerprint density at radius 2 is 1.74 bits per heavy atom. The Morgan fingerprint density at radius 1 is 1.06 bits per heavy atom. The van der Waals surface area contributed by atoms with E-state index >= 15 is 0 Å². The van der Waals surface area contributed by atoms with Crippen LogP contribution in [0, 0.1) is 13.8 Å². The highest BCUT2D eigenvalue weighted by Crippen LogP contribution is 2.21. The van der Waals surface area contributed by atoms with Crippen LogP contribution in [0.25, 0.3) is 5.69 Å². The molecule has 0 bridgehead atoms. The molecule has 7 heteroatoms. The van der Waals surface area contributed by atoms with Crippen LogP contribution in [0.2, 0.25) is 0 Å². The number of carbonyl (C=O) groups is 2. The van der Waals surface area contributed by atoms with Crippen LogP contribution in [0.15, 0.2) is 54.6 Å². The van der Waals surface area contributed by atoms with E-state index in [1.807, 2.05) is 61.0 Å². The van der Waals surface area contributed by atoms with Crippen molar-refractivity contribution in [3.8, 4) is 11.4 Å². The molecule has 2 aromatic carbocycles. The van der Waals surface area contributed by atoms with Gasteiger partial charge in [-0.2, -0.15) is 5.10 Å². The van der Waals surface area contributed by atoms with Crippen LogP contribution < -0.4 is 10.1 Å². The molecule has 1 N–H and O–H groups in total. The van der Waals surface area contributed by atoms with Crippen molar-refractivity contribution in [3.05, 3.63) is 77.1 Å². The molecular formula is C24H27N3O4. The molecule has 31 heavy (non-hydrogen) atoms. The van der Waals surface area contributed by atoms with Gasteiger partial charge in [-0.1, -0.05) is 24.3 Å². The number of carbonyl (C=O) groups excluding carboxylic acids is 2. The Labute approximate surface area is 182 Å². The molecule has 1 unspecified atom stereocenters. The second-order valence-corrected chi connectivity index (χ2v) is 7.40. The summed E-state index contributed by atoms with van der Waals surface area (Å²) in [7, 11) is 1.58. The Balaban J connectivity index is 1.60. The number of aryl methyl sites for hydroxylation is 2. The number of hydrogen-bond acceptors (Lipinski definition) is 5. The summed E-state index contributed by atoms with van der Waals surface area (Å²) in [5, 5.41) is 7.27. The Morgan fingerprint density at radius 3 is 2.29 bits per heavy atom. The summed E-state index contributed by atoms with van der Waals surface area (Å²) < 4.78 is 12.5. The fourth-order valence-corrected chi connectivity index (χ4v) is 3.35. The van der Waals surface area contributed by atoms with Gasteiger partial charge < -0.3 is 14.8 Å². The molecule has 162 valence electrons. The smallest absolute Gasteiger partial charge is 0.308 e. The number of amides is 1. The second-order valence-electron chi connectivity index (χ2n) is 7.40. The molecule has 0 radical (unpaired) electrons. The highest BCUT2D eigenvalue weighted by molar-refractivity contribution is 5.76. The fraction of sp³-hybridized carbons (Fsp3) is 0.292. The monoisotopic (exact) mass is 421 g/mol. The maximum atomic E-state index is 12.4. The van der Waals surface area contributed by atoms with Gasteiger partial charge in [0.1, 0.15) is 12.4 Å². The lowest BCUT2D eigenvalue weighted by molar-refractivity contribution is -0.145. The number of ether oxygens (including phenoxy) is 2. The third-order valence-corrected chi connectivity index (χ3v) is 4.86. The second kappa shape index (κ2) is 9.93. The van der Waals surface area contributed by atoms with E-state index in [4.69, 9.17) is 9.47 Å². The van der Waals surface area contributed by atoms with E-state index in [0.717, 1.165) is 28.2 Å². The predicted molar refractivity (Wildman–Crippen MR) is 117 cm³/mol. The molecule has 3 rings (SSSR count). The molecular weight excluding hydrogens is 394 g/mol. The predicted octanol–water partition coefficient (Wildman–Crippen LogP) is 3.81. The average Bonchev–Trinajstić information content (AvgIpc) is 3.10. The number of benzene rings is 2. The minimum absolute atomic E-state index is 0.0375. The van der Waals surface area contributed by atoms with Crippen LogP contribution in [-0.2, 0) is 20.9 Å². The molecule has 0 saturated carbocycles. The maximum Gasteiger partial charge on any atom is 0.308 e. The van der Waals surface area contributed by atoms with E-state index in [9.17, 15) is 9.59 Å². The van der Waals surface area contributed by atoms with Crippen molar-refractivity contribution in [2.24, 2.45) is 0 Å². The van der Waals surface area contributed by atoms with Gasteiger partial charge in [-0.25, -0.2) is 4.68 Å². The largest absolute Gasteiger partial charge is 0.497 e. The van der Waals surface area contributed by atoms with E-state index < -0.39 is 12.0 Å². The third kappa shape index (κ3) is 5.94. The van der Waals surface area contributed by atoms with Crippen molar-refractivity contribution in [1.29, 1.82) is 0 Å². The number of aromatic nitrogens is 2. The molecule has 1 heterocycles. The molecule has 7 nitrogen and oxygen atoms in total. The molecule has 1 aromatic heterocycles. The molecule has 0 aliphatic rings. The summed E-state index contributed by atoms with van der Waals surface area (Å²) in [6.07, 6.45) is 0.0375. The van der Waals surface area contributed by atoms with Crippen LogP contribution in [0.3, 0.4) is 0 Å². The van der Waals surface area contributed by atoms with Gasteiger partial charge in [0.25, 0.3) is 0 Å². The molecule has 0 spiro atoms. The minimum Gasteiger partial charge on any atom is -0.497 e. The van der Waals surface area contributed by atoms with E-state index in [1.165, 1.54) is 6.92 Å². The van der Waals surface area contributed by atoms with E-state index in [-0.39, 0.29) is 18.9 Å². The first-order valence-corrected chi connectivity index (χ1v) is 10.0. The van der Waals surface area contributed by atoms with Gasteiger partial charge >= 0.3 is 5.97 Å². The summed E-state index contributed by atoms with van der Waals surface area (Å²) in [6, 6.07) is 16.5. The topological polar surface area (TPSA) is 82.4 Å². The fourth-order valence-electron chi connectivity index (χ4n) is 3.35. The molecule has 0 saturated heterocycles. The van der Waals surface area contributed by atoms with Gasteiger partial charge in [-0.3, -0.25) is 9.59 Å². The molecule has 0 aliphatic heterocycles. The van der Waals surface area contributed by atoms with Gasteiger partial charge in [0.05, 0.1) is 31.0 Å². The van der Waals surface area contributed by atoms with Crippen molar-refractivity contribution in [2.45, 2.75) is 39.8 Å². The minimum atomic E-state index is -0.468. The van der Waals surface area contributed by atoms with Crippen LogP contribution in [-0.4, -0.2) is 28.8 Å². The van der Waals surface area contributed by atoms with Gasteiger partial charge in [-0.05, 0) is 55.3 Å². The quantitative estimate of drug-likeness (QED) is 0.560. The number of esters is 1. The Hall–Kier alpha value is -3.61. The van der Waals surface area contributed by atoms with Gasteiger partial charge in [0.15, 0.2) is 0 Å². The summed E-state index contributed by atoms with van der Waals surface area (Å²) in [4.78, 5) is 24.0. The first-order chi connectivity index (χ1) is 14.9. The molecule has 1 atom stereocenters. The third-order valence-electron chi connectivity index (χ3n) is 4.86. The Bertz CT molecular complexity index is 1040. The van der Waals surface area contributed by atoms with Crippen LogP contribution in [0.1, 0.15) is 41.9 Å². The van der Waals surface area contributed by atoms with Crippen LogP contribution in [0.5, 0.6) is 5.75 Å². The zero-order valence-corrected chi connectivity index (χ0v) is 18.2. The molecule has 3 aromatic rings. The zero-order valence-electron chi connectivity index (χ0n) is 18.2. The lowest BCUT2D eigenvalue weighted by Gasteiger charge is -2.18. The Kier molecular flexibility index (Phi) is 7.07. The van der Waals surface area contributed by atoms with Crippen LogP contribution in [0.4, 0.5) is 0 Å². The normalized spacial score (nSPS) is 11.6. The molecule has 1 amide bonds. The first-order valence-electron chi connectivity index (χ1n) is 10.0. The van der Waals surface area contributed by atoms with Crippen molar-refractivity contribution >= 4 is 11.9 Å². The van der Waals surface area contributed by atoms with E-state index in [1.54, 1.807) is 19.2 Å². The maximum absolute atomic E-state index is 12.4. The summed E-state index contributed by atoms with van der Waals surface area (Å²) in [5.74, 6) is 0.0994. The number of nitrogens with zero attached hydrogens (tertiary/aromatic N) is 2. The standard InChI is InChI=1S/C24H27N3O4/c1-16-13-17(2)27(26-16)21-9-5-19(6-10-21)15-31-24(29)14-23(25-18(3)28)20-7-11-22(30-4)12-8-20/h5-13,23H,14-15H2,1-4H3,(H,25,28). The summed E-state index contributed by atoms with van der Waals surface area (Å²) in [5.41, 5.74) is 4.65. The van der Waals surface area contributed by atoms with Crippen molar-refractivity contribution in [3.63, 3.8) is 0 Å². The molecule has 0 aliphatic carbocycles. The lowest BCUT2D eigenvalue weighted by atomic mass is 10.0. The van der Waals surface area contributed by atoms with E-state index in [0.29, 0.717) is 5.75 Å². The van der Waals surface area contributed by atoms with Crippen molar-refractivity contribution < 1.29 is 19.1 Å². The SMILES string of the molecule is COc1ccc(C(CC(=O)OCc2ccc(-n3nc(C)cc3C)cc2)NC(C)=O)cc1. The highest BCUT2D eigenvalue weighted by atomic mass is 16.5. The first kappa shape index (κ1) is 22.1. The lowest BCUT2D eigenvalue weighted by Crippen LogP contribution is -2.28. The van der Waals surface area contributed by atoms with Gasteiger partial charge in [-0.15, -0.1) is 0 Å². The van der Waals surface area contributed by atoms with E-state index in [2.05, 4.69) is 10.4 Å². The van der Waals surface area contributed by atoms with Crippen LogP contribution >= 0.6 is 0 Å². The van der Waals surface area contributed by atoms with Gasteiger partial charge in [0.2, 0.25) is 5.91 Å².